The van der Waals surface area contributed by atoms with Crippen LogP contribution in [0.25, 0.3) is 0 Å². The van der Waals surface area contributed by atoms with Crippen LogP contribution in [0.3, 0.4) is 0 Å². The number of carboxylic acid groups (broad SMARTS) is 1. The first-order chi connectivity index (χ1) is 13.7. The number of benzene rings is 1. The van der Waals surface area contributed by atoms with E-state index in [4.69, 9.17) is 10.00 Å². The molecular weight excluding hydrogens is 479 g/mol. The minimum atomic E-state index is -3.72. The molecule has 8 nitrogen and oxygen atoms in total. The fourth-order valence-corrected chi connectivity index (χ4v) is 7.85. The Balaban J connectivity index is 1.88. The molecule has 29 heavy (non-hydrogen) atoms. The van der Waals surface area contributed by atoms with Gasteiger partial charge in [-0.15, -0.1) is 0 Å². The van der Waals surface area contributed by atoms with Crippen LogP contribution < -0.4 is 4.35 Å². The molecule has 0 amide bonds. The van der Waals surface area contributed by atoms with Gasteiger partial charge >= 0.3 is 179 Å². The molecule has 1 aliphatic rings. The zero-order valence-electron chi connectivity index (χ0n) is 15.3. The van der Waals surface area contributed by atoms with Crippen molar-refractivity contribution >= 4 is 52.0 Å². The summed E-state index contributed by atoms with van der Waals surface area (Å²) in [4.78, 5) is 25.2. The van der Waals surface area contributed by atoms with Crippen LogP contribution in [0.15, 0.2) is 29.2 Å². The van der Waals surface area contributed by atoms with Gasteiger partial charge < -0.3 is 0 Å². The van der Waals surface area contributed by atoms with E-state index in [0.29, 0.717) is 22.4 Å². The van der Waals surface area contributed by atoms with E-state index < -0.39 is 31.7 Å². The Morgan fingerprint density at radius 1 is 1.28 bits per heavy atom. The van der Waals surface area contributed by atoms with Crippen LogP contribution in [-0.2, 0) is 14.8 Å². The van der Waals surface area contributed by atoms with Gasteiger partial charge in [0.25, 0.3) is 0 Å². The predicted molar refractivity (Wildman–Crippen MR) is 106 cm³/mol. The average molecular weight is 495 g/mol. The van der Waals surface area contributed by atoms with Gasteiger partial charge in [0.1, 0.15) is 0 Å². The Kier molecular flexibility index (Phi) is 6.56. The van der Waals surface area contributed by atoms with Crippen molar-refractivity contribution < 1.29 is 27.9 Å². The Hall–Kier alpha value is -2.02. The van der Waals surface area contributed by atoms with E-state index in [0.717, 1.165) is 11.3 Å². The van der Waals surface area contributed by atoms with E-state index in [1.165, 1.54) is 28.6 Å². The molecule has 0 aliphatic carbocycles. The molecule has 0 atom stereocenters. The Bertz CT molecular complexity index is 1110. The van der Waals surface area contributed by atoms with Gasteiger partial charge in [0.2, 0.25) is 0 Å². The van der Waals surface area contributed by atoms with Crippen molar-refractivity contribution in [2.24, 2.45) is 0 Å². The van der Waals surface area contributed by atoms with Crippen LogP contribution in [-0.4, -0.2) is 70.4 Å². The molecule has 0 saturated carbocycles. The molecule has 1 fully saturated rings. The van der Waals surface area contributed by atoms with Crippen molar-refractivity contribution in [2.75, 3.05) is 26.3 Å². The number of carboxylic acids is 1. The molecule has 151 valence electrons. The molecule has 0 bridgehead atoms. The Labute approximate surface area is 178 Å². The number of aromatic carboxylic acids is 1. The summed E-state index contributed by atoms with van der Waals surface area (Å²) >= 11 is -0.120. The van der Waals surface area contributed by atoms with Crippen molar-refractivity contribution in [2.45, 2.75) is 11.8 Å². The molecule has 3 rings (SSSR count). The number of thiophene rings is 1. The summed E-state index contributed by atoms with van der Waals surface area (Å²) in [6.07, 6.45) is 0. The molecule has 1 radical (unpaired) electrons. The first-order valence-corrected chi connectivity index (χ1v) is 12.6. The van der Waals surface area contributed by atoms with Crippen molar-refractivity contribution in [3.63, 3.8) is 0 Å². The monoisotopic (exact) mass is 495 g/mol. The predicted octanol–water partition coefficient (Wildman–Crippen LogP) is 0.817. The molecule has 1 N–H and O–H groups in total. The van der Waals surface area contributed by atoms with Crippen molar-refractivity contribution in [1.29, 1.82) is 5.26 Å². The fraction of sp³-hybridized carbons (Fsp3) is 0.278. The quantitative estimate of drug-likeness (QED) is 0.589. The zero-order valence-corrected chi connectivity index (χ0v) is 18.8. The number of nitrogens with zero attached hydrogens (tertiary/aromatic N) is 2. The summed E-state index contributed by atoms with van der Waals surface area (Å²) < 4.78 is 32.4. The Morgan fingerprint density at radius 3 is 2.59 bits per heavy atom. The molecular formula is C18H16AsN2O6S2. The van der Waals surface area contributed by atoms with Gasteiger partial charge in [-0.3, -0.25) is 0 Å². The average Bonchev–Trinajstić information content (AvgIpc) is 3.11. The maximum absolute atomic E-state index is 12.9. The number of aryl methyl sites for hydroxylation is 1. The normalized spacial score (nSPS) is 15.4. The number of morpholine rings is 1. The van der Waals surface area contributed by atoms with Gasteiger partial charge in [0.15, 0.2) is 0 Å². The molecule has 11 heteroatoms. The van der Waals surface area contributed by atoms with E-state index in [2.05, 4.69) is 0 Å². The van der Waals surface area contributed by atoms with E-state index in [1.807, 2.05) is 6.07 Å². The summed E-state index contributed by atoms with van der Waals surface area (Å²) in [7, 11) is -3.72. The number of hydrogen-bond acceptors (Lipinski definition) is 7. The van der Waals surface area contributed by atoms with Crippen LogP contribution in [0.4, 0.5) is 0 Å². The first-order valence-electron chi connectivity index (χ1n) is 8.46. The second-order valence-electron chi connectivity index (χ2n) is 6.11. The molecule has 1 aromatic heterocycles. The number of carbonyl (C=O) groups is 2. The summed E-state index contributed by atoms with van der Waals surface area (Å²) in [5.74, 6) is -1.21. The first kappa shape index (κ1) is 21.7. The van der Waals surface area contributed by atoms with E-state index >= 15 is 0 Å². The summed E-state index contributed by atoms with van der Waals surface area (Å²) in [6, 6.07) is 7.45. The minimum absolute atomic E-state index is 0.0770. The van der Waals surface area contributed by atoms with Gasteiger partial charge in [0.05, 0.1) is 0 Å². The summed E-state index contributed by atoms with van der Waals surface area (Å²) in [6.45, 7) is 2.83. The molecule has 1 aromatic carbocycles. The number of nitriles is 1. The van der Waals surface area contributed by atoms with Gasteiger partial charge in [-0.05, 0) is 0 Å². The third kappa shape index (κ3) is 4.60. The van der Waals surface area contributed by atoms with Gasteiger partial charge in [-0.1, -0.05) is 0 Å². The van der Waals surface area contributed by atoms with E-state index in [1.54, 1.807) is 6.92 Å². The standard InChI is InChI=1S/C18H16AsN2O6S2/c1-11-16(29(25,26)21-4-6-27-7-5-21)9-15(28-11)17(22)19-14-3-2-12(10-20)8-13(14)18(23)24/h2-3,8-9H,4-7H2,1H3,(H,23,24). The van der Waals surface area contributed by atoms with Crippen LogP contribution in [0.5, 0.6) is 0 Å². The molecule has 2 aromatic rings. The number of ether oxygens (including phenoxy) is 1. The molecule has 1 saturated heterocycles. The zero-order chi connectivity index (χ0) is 21.2. The van der Waals surface area contributed by atoms with Crippen LogP contribution in [0.2, 0.25) is 0 Å². The number of sulfonamides is 1. The maximum atomic E-state index is 12.9. The fourth-order valence-electron chi connectivity index (χ4n) is 2.79. The summed E-state index contributed by atoms with van der Waals surface area (Å²) in [5, 5.41) is 18.3. The van der Waals surface area contributed by atoms with Crippen molar-refractivity contribution in [3.05, 3.63) is 45.1 Å². The van der Waals surface area contributed by atoms with E-state index in [9.17, 15) is 23.1 Å². The van der Waals surface area contributed by atoms with Crippen LogP contribution in [0.1, 0.15) is 30.5 Å². The molecule has 0 spiro atoms. The van der Waals surface area contributed by atoms with Gasteiger partial charge in [-0.25, -0.2) is 0 Å². The number of rotatable bonds is 6. The number of carbonyl (C=O) groups excluding carboxylic acids is 1. The number of hydrogen-bond donors (Lipinski definition) is 1. The molecule has 1 aliphatic heterocycles. The van der Waals surface area contributed by atoms with E-state index in [-0.39, 0.29) is 38.6 Å². The second kappa shape index (κ2) is 8.77. The van der Waals surface area contributed by atoms with Gasteiger partial charge in [-0.2, -0.15) is 0 Å². The third-order valence-electron chi connectivity index (χ3n) is 4.25. The topological polar surface area (TPSA) is 125 Å². The van der Waals surface area contributed by atoms with Crippen molar-refractivity contribution in [3.8, 4) is 6.07 Å². The van der Waals surface area contributed by atoms with Crippen LogP contribution >= 0.6 is 11.3 Å². The Morgan fingerprint density at radius 2 is 1.97 bits per heavy atom. The van der Waals surface area contributed by atoms with Crippen LogP contribution in [0, 0.1) is 18.3 Å². The molecule has 0 unspecified atom stereocenters. The third-order valence-corrected chi connectivity index (χ3v) is 10.0. The SMILES string of the molecule is Cc1sc(C(=O)[As]c2ccc(C#N)cc2C(=O)O)cc1S(=O)(=O)N1CCOCC1. The molecule has 2 heterocycles. The second-order valence-corrected chi connectivity index (χ2v) is 11.6. The van der Waals surface area contributed by atoms with Gasteiger partial charge in [0, 0.05) is 0 Å². The summed E-state index contributed by atoms with van der Waals surface area (Å²) in [5.41, 5.74) is 0.123. The van der Waals surface area contributed by atoms with Crippen molar-refractivity contribution in [1.82, 2.24) is 4.31 Å².